The minimum absolute atomic E-state index is 0.0926. The fraction of sp³-hybridized carbons (Fsp3) is 0.846. The van der Waals surface area contributed by atoms with Crippen LogP contribution in [0, 0.1) is 5.41 Å². The zero-order valence-corrected chi connectivity index (χ0v) is 12.3. The highest BCUT2D eigenvalue weighted by Gasteiger charge is 2.19. The number of carboxylic acids is 1. The average Bonchev–Trinajstić information content (AvgIpc) is 2.37. The number of urea groups is 1. The highest BCUT2D eigenvalue weighted by atomic mass is 16.5. The Morgan fingerprint density at radius 3 is 2.50 bits per heavy atom. The maximum atomic E-state index is 11.7. The zero-order valence-electron chi connectivity index (χ0n) is 12.3. The molecule has 0 saturated carbocycles. The molecule has 0 aromatic rings. The smallest absolute Gasteiger partial charge is 0.329 e. The van der Waals surface area contributed by atoms with Crippen LogP contribution in [0.2, 0.25) is 0 Å². The van der Waals surface area contributed by atoms with E-state index in [-0.39, 0.29) is 17.9 Å². The van der Waals surface area contributed by atoms with Crippen LogP contribution in [0.25, 0.3) is 0 Å². The topological polar surface area (TPSA) is 90.9 Å². The van der Waals surface area contributed by atoms with E-state index in [1.165, 1.54) is 0 Å². The number of carboxylic acid groups (broad SMARTS) is 1. The molecular formula is C13H25N3O4. The highest BCUT2D eigenvalue weighted by Crippen LogP contribution is 2.25. The third-order valence-corrected chi connectivity index (χ3v) is 3.37. The summed E-state index contributed by atoms with van der Waals surface area (Å²) in [6.07, 6.45) is 1.51. The molecule has 2 amide bonds. The largest absolute Gasteiger partial charge is 0.481 e. The predicted molar refractivity (Wildman–Crippen MR) is 74.2 cm³/mol. The van der Waals surface area contributed by atoms with E-state index in [1.54, 1.807) is 0 Å². The fourth-order valence-electron chi connectivity index (χ4n) is 1.94. The number of carbonyl (C=O) groups is 2. The first-order valence-electron chi connectivity index (χ1n) is 6.98. The van der Waals surface area contributed by atoms with Crippen LogP contribution in [0.5, 0.6) is 0 Å². The van der Waals surface area contributed by atoms with Crippen molar-refractivity contribution in [1.29, 1.82) is 0 Å². The van der Waals surface area contributed by atoms with Crippen molar-refractivity contribution in [3.8, 4) is 0 Å². The summed E-state index contributed by atoms with van der Waals surface area (Å²) in [6.45, 7) is 7.19. The maximum Gasteiger partial charge on any atom is 0.329 e. The molecule has 116 valence electrons. The van der Waals surface area contributed by atoms with Crippen LogP contribution in [0.3, 0.4) is 0 Å². The Bertz CT molecular complexity index is 328. The Labute approximate surface area is 119 Å². The van der Waals surface area contributed by atoms with Gasteiger partial charge in [-0.3, -0.25) is 10.2 Å². The van der Waals surface area contributed by atoms with E-state index in [1.807, 2.05) is 18.9 Å². The normalized spacial score (nSPS) is 16.7. The second-order valence-electron chi connectivity index (χ2n) is 5.78. The molecule has 0 unspecified atom stereocenters. The van der Waals surface area contributed by atoms with Crippen LogP contribution in [0.1, 0.15) is 33.1 Å². The lowest BCUT2D eigenvalue weighted by Crippen LogP contribution is -2.52. The number of nitrogens with zero attached hydrogens (tertiary/aromatic N) is 1. The number of hydrazine groups is 1. The first-order chi connectivity index (χ1) is 9.39. The van der Waals surface area contributed by atoms with Crippen LogP contribution >= 0.6 is 0 Å². The highest BCUT2D eigenvalue weighted by molar-refractivity contribution is 5.73. The van der Waals surface area contributed by atoms with Crippen molar-refractivity contribution in [1.82, 2.24) is 15.8 Å². The van der Waals surface area contributed by atoms with Crippen molar-refractivity contribution in [3.05, 3.63) is 0 Å². The number of rotatable bonds is 7. The van der Waals surface area contributed by atoms with Gasteiger partial charge in [-0.25, -0.2) is 9.80 Å². The van der Waals surface area contributed by atoms with E-state index in [9.17, 15) is 9.59 Å². The Hall–Kier alpha value is -1.34. The van der Waals surface area contributed by atoms with E-state index >= 15 is 0 Å². The number of morpholine rings is 1. The molecule has 1 fully saturated rings. The second kappa shape index (κ2) is 8.06. The van der Waals surface area contributed by atoms with Gasteiger partial charge in [0, 0.05) is 26.1 Å². The van der Waals surface area contributed by atoms with Gasteiger partial charge in [0.2, 0.25) is 0 Å². The molecule has 1 aliphatic rings. The van der Waals surface area contributed by atoms with Gasteiger partial charge >= 0.3 is 12.0 Å². The van der Waals surface area contributed by atoms with Crippen molar-refractivity contribution in [2.75, 3.05) is 32.8 Å². The molecule has 0 aromatic carbocycles. The monoisotopic (exact) mass is 287 g/mol. The molecule has 1 rings (SSSR count). The molecule has 0 spiro atoms. The minimum atomic E-state index is -0.781. The van der Waals surface area contributed by atoms with Crippen LogP contribution < -0.4 is 10.7 Å². The van der Waals surface area contributed by atoms with Crippen molar-refractivity contribution in [2.24, 2.45) is 5.41 Å². The van der Waals surface area contributed by atoms with Crippen molar-refractivity contribution < 1.29 is 19.4 Å². The lowest BCUT2D eigenvalue weighted by molar-refractivity contribution is -0.137. The van der Waals surface area contributed by atoms with E-state index in [0.717, 1.165) is 6.42 Å². The number of nitrogens with one attached hydrogen (secondary N) is 2. The van der Waals surface area contributed by atoms with Gasteiger partial charge in [-0.05, 0) is 18.3 Å². The van der Waals surface area contributed by atoms with E-state index in [2.05, 4.69) is 10.7 Å². The Kier molecular flexibility index (Phi) is 6.74. The first kappa shape index (κ1) is 16.7. The zero-order chi connectivity index (χ0) is 15.0. The molecule has 3 N–H and O–H groups in total. The van der Waals surface area contributed by atoms with E-state index in [0.29, 0.717) is 39.3 Å². The summed E-state index contributed by atoms with van der Waals surface area (Å²) in [4.78, 5) is 22.2. The Morgan fingerprint density at radius 2 is 1.90 bits per heavy atom. The van der Waals surface area contributed by atoms with Crippen molar-refractivity contribution in [3.63, 3.8) is 0 Å². The SMILES string of the molecule is CC(C)(CCNC(=O)NN1CCOCC1)CCC(=O)O. The Morgan fingerprint density at radius 1 is 1.25 bits per heavy atom. The standard InChI is InChI=1S/C13H25N3O4/c1-13(2,4-3-11(17)18)5-6-14-12(19)15-16-7-9-20-10-8-16/h3-10H2,1-2H3,(H,17,18)(H2,14,15,19). The number of aliphatic carboxylic acids is 1. The molecule has 1 aliphatic heterocycles. The number of hydrogen-bond acceptors (Lipinski definition) is 4. The molecular weight excluding hydrogens is 262 g/mol. The van der Waals surface area contributed by atoms with Gasteiger partial charge < -0.3 is 15.2 Å². The molecule has 0 bridgehead atoms. The quantitative estimate of drug-likeness (QED) is 0.644. The number of carbonyl (C=O) groups excluding carboxylic acids is 1. The molecule has 20 heavy (non-hydrogen) atoms. The summed E-state index contributed by atoms with van der Waals surface area (Å²) in [7, 11) is 0. The van der Waals surface area contributed by atoms with Gasteiger partial charge in [0.05, 0.1) is 13.2 Å². The predicted octanol–water partition coefficient (Wildman–Crippen LogP) is 0.814. The molecule has 0 aliphatic carbocycles. The average molecular weight is 287 g/mol. The number of amides is 2. The summed E-state index contributed by atoms with van der Waals surface area (Å²) in [5, 5.41) is 13.3. The van der Waals surface area contributed by atoms with Crippen molar-refractivity contribution in [2.45, 2.75) is 33.1 Å². The molecule has 0 atom stereocenters. The molecule has 0 radical (unpaired) electrons. The van der Waals surface area contributed by atoms with Gasteiger partial charge in [-0.2, -0.15) is 0 Å². The third kappa shape index (κ3) is 7.30. The molecule has 7 nitrogen and oxygen atoms in total. The second-order valence-corrected chi connectivity index (χ2v) is 5.78. The molecule has 7 heteroatoms. The summed E-state index contributed by atoms with van der Waals surface area (Å²) >= 11 is 0. The lowest BCUT2D eigenvalue weighted by atomic mass is 9.84. The Balaban J connectivity index is 2.15. The van der Waals surface area contributed by atoms with Crippen molar-refractivity contribution >= 4 is 12.0 Å². The first-order valence-corrected chi connectivity index (χ1v) is 6.98. The maximum absolute atomic E-state index is 11.7. The number of hydrogen-bond donors (Lipinski definition) is 3. The van der Waals surface area contributed by atoms with Crippen LogP contribution in [-0.2, 0) is 9.53 Å². The lowest BCUT2D eigenvalue weighted by Gasteiger charge is -2.27. The van der Waals surface area contributed by atoms with Gasteiger partial charge in [-0.15, -0.1) is 0 Å². The fourth-order valence-corrected chi connectivity index (χ4v) is 1.94. The van der Waals surface area contributed by atoms with Crippen LogP contribution in [-0.4, -0.2) is 55.0 Å². The molecule has 0 aromatic heterocycles. The number of ether oxygens (including phenoxy) is 1. The summed E-state index contributed by atoms with van der Waals surface area (Å²) < 4.78 is 5.19. The molecule has 1 heterocycles. The summed E-state index contributed by atoms with van der Waals surface area (Å²) in [5.41, 5.74) is 2.67. The van der Waals surface area contributed by atoms with Gasteiger partial charge in [0.1, 0.15) is 0 Å². The van der Waals surface area contributed by atoms with Gasteiger partial charge in [0.25, 0.3) is 0 Å². The van der Waals surface area contributed by atoms with Crippen LogP contribution in [0.4, 0.5) is 4.79 Å². The van der Waals surface area contributed by atoms with Gasteiger partial charge in [0.15, 0.2) is 0 Å². The van der Waals surface area contributed by atoms with E-state index < -0.39 is 5.97 Å². The van der Waals surface area contributed by atoms with Crippen LogP contribution in [0.15, 0.2) is 0 Å². The summed E-state index contributed by atoms with van der Waals surface area (Å²) in [6, 6.07) is -0.221. The third-order valence-electron chi connectivity index (χ3n) is 3.37. The summed E-state index contributed by atoms with van der Waals surface area (Å²) in [5.74, 6) is -0.781. The minimum Gasteiger partial charge on any atom is -0.481 e. The van der Waals surface area contributed by atoms with Gasteiger partial charge in [-0.1, -0.05) is 13.8 Å². The molecule has 1 saturated heterocycles. The van der Waals surface area contributed by atoms with E-state index in [4.69, 9.17) is 9.84 Å².